The molecule has 0 bridgehead atoms. The third kappa shape index (κ3) is 6.23. The zero-order valence-corrected chi connectivity index (χ0v) is 23.8. The number of hydrogen-bond acceptors (Lipinski definition) is 7. The lowest BCUT2D eigenvalue weighted by atomic mass is 9.86. The van der Waals surface area contributed by atoms with Crippen molar-refractivity contribution in [3.8, 4) is 5.75 Å². The highest BCUT2D eigenvalue weighted by molar-refractivity contribution is 5.97. The normalized spacial score (nSPS) is 21.9. The summed E-state index contributed by atoms with van der Waals surface area (Å²) in [6.45, 7) is 9.04. The Hall–Kier alpha value is -3.24. The monoisotopic (exact) mass is 551 g/mol. The fourth-order valence-electron chi connectivity index (χ4n) is 6.23. The van der Waals surface area contributed by atoms with Crippen LogP contribution in [0, 0.1) is 25.7 Å². The molecule has 2 aliphatic heterocycles. The Morgan fingerprint density at radius 3 is 2.52 bits per heavy atom. The molecule has 10 nitrogen and oxygen atoms in total. The van der Waals surface area contributed by atoms with Crippen molar-refractivity contribution < 1.29 is 14.3 Å². The molecule has 216 valence electrons. The molecule has 5 rings (SSSR count). The molecule has 1 aromatic heterocycles. The second kappa shape index (κ2) is 12.5. The summed E-state index contributed by atoms with van der Waals surface area (Å²) < 4.78 is 11.9. The summed E-state index contributed by atoms with van der Waals surface area (Å²) >= 11 is 0. The molecule has 1 amide bonds. The number of rotatable bonds is 9. The molecule has 0 spiro atoms. The van der Waals surface area contributed by atoms with E-state index in [9.17, 15) is 14.5 Å². The lowest BCUT2D eigenvalue weighted by molar-refractivity contribution is 0.00888. The van der Waals surface area contributed by atoms with Gasteiger partial charge >= 0.3 is 0 Å². The first-order valence-corrected chi connectivity index (χ1v) is 14.6. The fourth-order valence-corrected chi connectivity index (χ4v) is 6.23. The van der Waals surface area contributed by atoms with E-state index in [0.29, 0.717) is 60.2 Å². The maximum absolute atomic E-state index is 13.5. The van der Waals surface area contributed by atoms with E-state index >= 15 is 0 Å². The minimum atomic E-state index is -0.332. The number of nitrogens with zero attached hydrogens (tertiary/aromatic N) is 3. The summed E-state index contributed by atoms with van der Waals surface area (Å²) in [7, 11) is 0. The minimum Gasteiger partial charge on any atom is -0.490 e. The molecule has 1 aliphatic carbocycles. The van der Waals surface area contributed by atoms with Crippen molar-refractivity contribution in [2.45, 2.75) is 90.4 Å². The first-order chi connectivity index (χ1) is 19.3. The van der Waals surface area contributed by atoms with Crippen LogP contribution in [-0.4, -0.2) is 60.3 Å². The van der Waals surface area contributed by atoms with Gasteiger partial charge in [-0.3, -0.25) is 9.59 Å². The van der Waals surface area contributed by atoms with E-state index in [-0.39, 0.29) is 30.2 Å². The predicted molar refractivity (Wildman–Crippen MR) is 154 cm³/mol. The molecule has 0 atom stereocenters. The van der Waals surface area contributed by atoms with Gasteiger partial charge in [-0.15, -0.1) is 4.91 Å². The van der Waals surface area contributed by atoms with E-state index in [0.717, 1.165) is 37.2 Å². The maximum atomic E-state index is 13.5. The van der Waals surface area contributed by atoms with Crippen molar-refractivity contribution in [3.63, 3.8) is 0 Å². The quantitative estimate of drug-likeness (QED) is 0.353. The Labute approximate surface area is 235 Å². The molecule has 1 aromatic carbocycles. The Kier molecular flexibility index (Phi) is 8.85. The van der Waals surface area contributed by atoms with Gasteiger partial charge in [0, 0.05) is 61.5 Å². The van der Waals surface area contributed by atoms with Crippen LogP contribution < -0.4 is 20.6 Å². The second-order valence-electron chi connectivity index (χ2n) is 11.5. The Morgan fingerprint density at radius 2 is 1.85 bits per heavy atom. The maximum Gasteiger partial charge on any atom is 0.253 e. The van der Waals surface area contributed by atoms with Crippen LogP contribution in [0.15, 0.2) is 28.3 Å². The Bertz CT molecular complexity index is 1280. The number of aryl methyl sites for hydroxylation is 2. The number of likely N-dealkylation sites (tertiary alicyclic amines) is 1. The van der Waals surface area contributed by atoms with Crippen LogP contribution in [0.5, 0.6) is 5.75 Å². The van der Waals surface area contributed by atoms with Crippen molar-refractivity contribution in [2.75, 3.05) is 31.3 Å². The summed E-state index contributed by atoms with van der Waals surface area (Å²) in [5, 5.41) is 7.78. The molecular weight excluding hydrogens is 510 g/mol. The summed E-state index contributed by atoms with van der Waals surface area (Å²) in [4.78, 5) is 43.5. The third-order valence-electron chi connectivity index (χ3n) is 8.67. The number of amides is 1. The number of pyridine rings is 1. The highest BCUT2D eigenvalue weighted by Gasteiger charge is 2.36. The fraction of sp³-hybridized carbons (Fsp3) is 0.600. The minimum absolute atomic E-state index is 0.0629. The van der Waals surface area contributed by atoms with Gasteiger partial charge in [0.15, 0.2) is 0 Å². The van der Waals surface area contributed by atoms with E-state index in [1.165, 1.54) is 24.3 Å². The van der Waals surface area contributed by atoms with Crippen LogP contribution in [0.1, 0.15) is 77.7 Å². The van der Waals surface area contributed by atoms with E-state index in [1.807, 2.05) is 32.9 Å². The number of aromatic amines is 1. The first kappa shape index (κ1) is 28.3. The summed E-state index contributed by atoms with van der Waals surface area (Å²) in [5.41, 5.74) is 3.51. The van der Waals surface area contributed by atoms with Gasteiger partial charge in [0.05, 0.1) is 17.0 Å². The molecule has 40 heavy (non-hydrogen) atoms. The van der Waals surface area contributed by atoms with Crippen LogP contribution in [0.4, 0.5) is 5.69 Å². The number of aromatic nitrogens is 1. The van der Waals surface area contributed by atoms with E-state index in [2.05, 4.69) is 20.5 Å². The van der Waals surface area contributed by atoms with Crippen molar-refractivity contribution >= 4 is 11.6 Å². The van der Waals surface area contributed by atoms with Gasteiger partial charge in [-0.05, 0) is 82.8 Å². The number of piperidine rings is 1. The molecule has 0 radical (unpaired) electrons. The van der Waals surface area contributed by atoms with E-state index < -0.39 is 0 Å². The molecule has 2 aromatic rings. The zero-order chi connectivity index (χ0) is 28.2. The summed E-state index contributed by atoms with van der Waals surface area (Å²) in [5.74, 6) is 0.221. The number of benzene rings is 1. The van der Waals surface area contributed by atoms with E-state index in [4.69, 9.17) is 9.47 Å². The Morgan fingerprint density at radius 1 is 1.12 bits per heavy atom. The van der Waals surface area contributed by atoms with Crippen LogP contribution >= 0.6 is 0 Å². The smallest absolute Gasteiger partial charge is 0.253 e. The SMILES string of the molecule is Cc1cc(C)c(CNC(=O)c2cc(OC3CC(N4CCCCC4)C3)cc(N(N=O)C3CCOCC3)c2C)c(=O)[nH]1. The van der Waals surface area contributed by atoms with Crippen LogP contribution in [0.2, 0.25) is 0 Å². The summed E-state index contributed by atoms with van der Waals surface area (Å²) in [6, 6.07) is 5.91. The lowest BCUT2D eigenvalue weighted by Gasteiger charge is -2.44. The molecule has 0 unspecified atom stereocenters. The number of anilines is 1. The highest BCUT2D eigenvalue weighted by atomic mass is 16.5. The first-order valence-electron chi connectivity index (χ1n) is 14.6. The number of nitrogens with one attached hydrogen (secondary N) is 2. The van der Waals surface area contributed by atoms with Crippen LogP contribution in [0.25, 0.3) is 0 Å². The van der Waals surface area contributed by atoms with Gasteiger partial charge in [-0.2, -0.15) is 0 Å². The van der Waals surface area contributed by atoms with E-state index in [1.54, 1.807) is 6.07 Å². The van der Waals surface area contributed by atoms with Crippen molar-refractivity contribution in [1.82, 2.24) is 15.2 Å². The average Bonchev–Trinajstić information content (AvgIpc) is 2.92. The average molecular weight is 552 g/mol. The molecule has 2 N–H and O–H groups in total. The molecule has 10 heteroatoms. The molecule has 2 saturated heterocycles. The van der Waals surface area contributed by atoms with Crippen molar-refractivity contribution in [2.24, 2.45) is 5.29 Å². The number of carbonyl (C=O) groups is 1. The predicted octanol–water partition coefficient (Wildman–Crippen LogP) is 4.29. The van der Waals surface area contributed by atoms with Gasteiger partial charge in [0.25, 0.3) is 11.5 Å². The number of ether oxygens (including phenoxy) is 2. The van der Waals surface area contributed by atoms with Crippen LogP contribution in [0.3, 0.4) is 0 Å². The standard InChI is InChI=1S/C30H41N5O5/c1-19-13-20(2)32-30(37)27(19)18-31-29(36)26-16-25(40-24-14-23(15-24)34-9-5-4-6-10-34)17-28(21(26)3)35(33-38)22-7-11-39-12-8-22/h13,16-17,22-24H,4-12,14-15,18H2,1-3H3,(H,31,36)(H,32,37). The van der Waals surface area contributed by atoms with Gasteiger partial charge < -0.3 is 24.7 Å². The molecular formula is C30H41N5O5. The molecule has 1 saturated carbocycles. The Balaban J connectivity index is 1.38. The highest BCUT2D eigenvalue weighted by Crippen LogP contribution is 2.36. The zero-order valence-electron chi connectivity index (χ0n) is 23.8. The summed E-state index contributed by atoms with van der Waals surface area (Å²) in [6.07, 6.45) is 7.15. The van der Waals surface area contributed by atoms with Crippen molar-refractivity contribution in [1.29, 1.82) is 0 Å². The second-order valence-corrected chi connectivity index (χ2v) is 11.5. The van der Waals surface area contributed by atoms with Gasteiger partial charge in [-0.25, -0.2) is 5.01 Å². The number of carbonyl (C=O) groups excluding carboxylic acids is 1. The molecule has 3 aliphatic rings. The number of H-pyrrole nitrogens is 1. The molecule has 3 fully saturated rings. The lowest BCUT2D eigenvalue weighted by Crippen LogP contribution is -2.50. The van der Waals surface area contributed by atoms with Crippen molar-refractivity contribution in [3.05, 3.63) is 61.4 Å². The number of nitroso groups, excluding NO2 is 1. The largest absolute Gasteiger partial charge is 0.490 e. The van der Waals surface area contributed by atoms with Gasteiger partial charge in [-0.1, -0.05) is 6.42 Å². The van der Waals surface area contributed by atoms with Gasteiger partial charge in [0.2, 0.25) is 0 Å². The van der Waals surface area contributed by atoms with Gasteiger partial charge in [0.1, 0.15) is 11.9 Å². The third-order valence-corrected chi connectivity index (χ3v) is 8.67. The molecule has 3 heterocycles. The van der Waals surface area contributed by atoms with Crippen LogP contribution in [-0.2, 0) is 11.3 Å². The number of hydrogen-bond donors (Lipinski definition) is 2. The topological polar surface area (TPSA) is 116 Å².